The Bertz CT molecular complexity index is 1200. The van der Waals surface area contributed by atoms with E-state index < -0.39 is 0 Å². The van der Waals surface area contributed by atoms with Crippen molar-refractivity contribution in [1.82, 2.24) is 9.88 Å². The number of piperidine rings is 1. The van der Waals surface area contributed by atoms with Crippen molar-refractivity contribution >= 4 is 27.4 Å². The van der Waals surface area contributed by atoms with Crippen LogP contribution >= 0.6 is 0 Å². The van der Waals surface area contributed by atoms with E-state index in [1.165, 1.54) is 47.4 Å². The Kier molecular flexibility index (Phi) is 4.84. The fourth-order valence-electron chi connectivity index (χ4n) is 5.94. The number of fused-ring (bicyclic) bond motifs is 4. The van der Waals surface area contributed by atoms with Crippen LogP contribution in [0.25, 0.3) is 21.7 Å². The third-order valence-corrected chi connectivity index (χ3v) is 7.45. The van der Waals surface area contributed by atoms with Crippen LogP contribution in [0.3, 0.4) is 0 Å². The molecule has 2 saturated heterocycles. The minimum Gasteiger partial charge on any atom is -0.382 e. The maximum absolute atomic E-state index is 4.58. The van der Waals surface area contributed by atoms with E-state index in [9.17, 15) is 0 Å². The molecule has 156 valence electrons. The van der Waals surface area contributed by atoms with Crippen LogP contribution in [0.1, 0.15) is 37.2 Å². The molecule has 2 unspecified atom stereocenters. The van der Waals surface area contributed by atoms with Gasteiger partial charge < -0.3 is 5.32 Å². The molecular formula is C28H29N3. The first kappa shape index (κ1) is 18.8. The van der Waals surface area contributed by atoms with Gasteiger partial charge in [0.15, 0.2) is 0 Å². The Morgan fingerprint density at radius 1 is 0.806 bits per heavy atom. The van der Waals surface area contributed by atoms with Crippen molar-refractivity contribution < 1.29 is 0 Å². The lowest BCUT2D eigenvalue weighted by Gasteiger charge is -2.39. The fraction of sp³-hybridized carbons (Fsp3) is 0.321. The molecule has 3 nitrogen and oxygen atoms in total. The molecule has 2 atom stereocenters. The summed E-state index contributed by atoms with van der Waals surface area (Å²) in [4.78, 5) is 7.36. The summed E-state index contributed by atoms with van der Waals surface area (Å²) in [7, 11) is 0. The predicted molar refractivity (Wildman–Crippen MR) is 130 cm³/mol. The smallest absolute Gasteiger partial charge is 0.0933 e. The van der Waals surface area contributed by atoms with E-state index in [2.05, 4.69) is 81.9 Å². The summed E-state index contributed by atoms with van der Waals surface area (Å²) < 4.78 is 0. The molecule has 3 aromatic carbocycles. The molecule has 3 heterocycles. The lowest BCUT2D eigenvalue weighted by Crippen LogP contribution is -2.44. The summed E-state index contributed by atoms with van der Waals surface area (Å²) in [6.07, 6.45) is 7.18. The van der Waals surface area contributed by atoms with Crippen LogP contribution in [-0.2, 0) is 0 Å². The first-order chi connectivity index (χ1) is 15.3. The van der Waals surface area contributed by atoms with Crippen molar-refractivity contribution in [3.05, 3.63) is 84.6 Å². The first-order valence-electron chi connectivity index (χ1n) is 11.7. The molecule has 2 aliphatic rings. The van der Waals surface area contributed by atoms with E-state index in [-0.39, 0.29) is 0 Å². The molecule has 4 aromatic rings. The quantitative estimate of drug-likeness (QED) is 0.426. The number of hydrogen-bond acceptors (Lipinski definition) is 3. The van der Waals surface area contributed by atoms with Gasteiger partial charge in [0.1, 0.15) is 0 Å². The summed E-state index contributed by atoms with van der Waals surface area (Å²) in [5.41, 5.74) is 3.76. The average Bonchev–Trinajstić information content (AvgIpc) is 3.05. The van der Waals surface area contributed by atoms with Crippen LogP contribution in [-0.4, -0.2) is 35.1 Å². The van der Waals surface area contributed by atoms with Crippen molar-refractivity contribution in [2.75, 3.05) is 18.4 Å². The Labute approximate surface area is 184 Å². The molecule has 6 rings (SSSR count). The van der Waals surface area contributed by atoms with Gasteiger partial charge in [-0.1, -0.05) is 60.7 Å². The Morgan fingerprint density at radius 3 is 2.45 bits per heavy atom. The van der Waals surface area contributed by atoms with Crippen molar-refractivity contribution in [3.8, 4) is 0 Å². The van der Waals surface area contributed by atoms with Gasteiger partial charge >= 0.3 is 0 Å². The third-order valence-electron chi connectivity index (χ3n) is 7.45. The second-order valence-corrected chi connectivity index (χ2v) is 9.21. The number of hydrogen-bond donors (Lipinski definition) is 1. The Balaban J connectivity index is 1.12. The van der Waals surface area contributed by atoms with Crippen molar-refractivity contribution in [2.45, 2.75) is 43.7 Å². The Hall–Kier alpha value is -2.91. The van der Waals surface area contributed by atoms with Gasteiger partial charge in [-0.25, -0.2) is 0 Å². The zero-order chi connectivity index (χ0) is 20.6. The van der Waals surface area contributed by atoms with E-state index in [0.717, 1.165) is 36.4 Å². The van der Waals surface area contributed by atoms with E-state index >= 15 is 0 Å². The van der Waals surface area contributed by atoms with Gasteiger partial charge in [0.05, 0.1) is 11.2 Å². The monoisotopic (exact) mass is 407 g/mol. The number of nitrogens with zero attached hydrogens (tertiary/aromatic N) is 2. The zero-order valence-electron chi connectivity index (χ0n) is 17.9. The highest BCUT2D eigenvalue weighted by atomic mass is 15.2. The maximum atomic E-state index is 4.58. The number of rotatable bonds is 5. The summed E-state index contributed by atoms with van der Waals surface area (Å²) in [6, 6.07) is 27.8. The van der Waals surface area contributed by atoms with E-state index in [1.807, 2.05) is 12.3 Å². The van der Waals surface area contributed by atoms with Gasteiger partial charge in [-0.3, -0.25) is 9.88 Å². The number of benzene rings is 3. The average molecular weight is 408 g/mol. The summed E-state index contributed by atoms with van der Waals surface area (Å²) in [6.45, 7) is 2.09. The molecular weight excluding hydrogens is 378 g/mol. The molecule has 3 heteroatoms. The molecule has 31 heavy (non-hydrogen) atoms. The highest BCUT2D eigenvalue weighted by molar-refractivity contribution is 5.90. The van der Waals surface area contributed by atoms with E-state index in [4.69, 9.17) is 0 Å². The molecule has 0 aliphatic carbocycles. The largest absolute Gasteiger partial charge is 0.382 e. The zero-order valence-corrected chi connectivity index (χ0v) is 17.9. The highest BCUT2D eigenvalue weighted by Crippen LogP contribution is 2.43. The summed E-state index contributed by atoms with van der Waals surface area (Å²) in [5, 5.41) is 7.59. The van der Waals surface area contributed by atoms with Crippen LogP contribution in [0, 0.1) is 0 Å². The van der Waals surface area contributed by atoms with Gasteiger partial charge in [-0.05, 0) is 60.1 Å². The maximum Gasteiger partial charge on any atom is 0.0933 e. The molecule has 2 fully saturated rings. The second kappa shape index (κ2) is 7.97. The van der Waals surface area contributed by atoms with Crippen molar-refractivity contribution in [3.63, 3.8) is 0 Å². The van der Waals surface area contributed by atoms with E-state index in [0.29, 0.717) is 5.92 Å². The molecule has 0 saturated carbocycles. The van der Waals surface area contributed by atoms with E-state index in [1.54, 1.807) is 0 Å². The molecule has 2 aliphatic heterocycles. The van der Waals surface area contributed by atoms with Crippen LogP contribution in [0.5, 0.6) is 0 Å². The Morgan fingerprint density at radius 2 is 1.58 bits per heavy atom. The molecule has 0 amide bonds. The predicted octanol–water partition coefficient (Wildman–Crippen LogP) is 6.21. The number of pyridine rings is 1. The van der Waals surface area contributed by atoms with Crippen LogP contribution in [0.4, 0.5) is 5.69 Å². The van der Waals surface area contributed by atoms with Crippen LogP contribution in [0.2, 0.25) is 0 Å². The van der Waals surface area contributed by atoms with Crippen LogP contribution < -0.4 is 5.32 Å². The van der Waals surface area contributed by atoms with Crippen molar-refractivity contribution in [1.29, 1.82) is 0 Å². The standard InChI is InChI=1S/C28H29N3/c1-2-6-22-17-23(11-10-20(22)5-1)24-18-25-12-13-26(19-24)31(25)16-15-29-27-9-3-7-21-8-4-14-30-28(21)27/h1-11,14,17,24-26,29H,12-13,15-16,18-19H2. The fourth-order valence-corrected chi connectivity index (χ4v) is 5.94. The molecule has 0 radical (unpaired) electrons. The van der Waals surface area contributed by atoms with Gasteiger partial charge in [-0.15, -0.1) is 0 Å². The normalized spacial score (nSPS) is 23.4. The van der Waals surface area contributed by atoms with Gasteiger partial charge in [0, 0.05) is 36.8 Å². The first-order valence-corrected chi connectivity index (χ1v) is 11.7. The molecule has 2 bridgehead atoms. The second-order valence-electron chi connectivity index (χ2n) is 9.21. The van der Waals surface area contributed by atoms with Crippen molar-refractivity contribution in [2.24, 2.45) is 0 Å². The number of para-hydroxylation sites is 1. The van der Waals surface area contributed by atoms with Gasteiger partial charge in [0.25, 0.3) is 0 Å². The number of anilines is 1. The molecule has 1 N–H and O–H groups in total. The summed E-state index contributed by atoms with van der Waals surface area (Å²) >= 11 is 0. The minimum absolute atomic E-state index is 0.702. The van der Waals surface area contributed by atoms with Crippen LogP contribution in [0.15, 0.2) is 79.0 Å². The SMILES string of the molecule is c1ccc2cc(C3CC4CCC(C3)N4CCNc3cccc4cccnc34)ccc2c1. The van der Waals surface area contributed by atoms with Gasteiger partial charge in [-0.2, -0.15) is 0 Å². The lowest BCUT2D eigenvalue weighted by atomic mass is 9.84. The molecule has 0 spiro atoms. The third kappa shape index (κ3) is 3.57. The lowest BCUT2D eigenvalue weighted by molar-refractivity contribution is 0.132. The minimum atomic E-state index is 0.702. The topological polar surface area (TPSA) is 28.2 Å². The molecule has 1 aromatic heterocycles. The highest BCUT2D eigenvalue weighted by Gasteiger charge is 2.40. The van der Waals surface area contributed by atoms with Gasteiger partial charge in [0.2, 0.25) is 0 Å². The number of aromatic nitrogens is 1. The summed E-state index contributed by atoms with van der Waals surface area (Å²) in [5.74, 6) is 0.702. The number of nitrogens with one attached hydrogen (secondary N) is 1.